The van der Waals surface area contributed by atoms with Gasteiger partial charge in [0.25, 0.3) is 0 Å². The number of hydrogen-bond acceptors (Lipinski definition) is 3. The van der Waals surface area contributed by atoms with Gasteiger partial charge in [0.2, 0.25) is 0 Å². The molecule has 3 nitrogen and oxygen atoms in total. The van der Waals surface area contributed by atoms with E-state index >= 15 is 0 Å². The number of hydrogen-bond donors (Lipinski definition) is 2. The molecular formula is C17H34N2O. The van der Waals surface area contributed by atoms with Crippen LogP contribution in [0.1, 0.15) is 59.3 Å². The molecule has 0 radical (unpaired) electrons. The fourth-order valence-electron chi connectivity index (χ4n) is 4.44. The number of aliphatic hydroxyl groups is 1. The van der Waals surface area contributed by atoms with Crippen molar-refractivity contribution in [2.45, 2.75) is 70.9 Å². The summed E-state index contributed by atoms with van der Waals surface area (Å²) < 4.78 is 0. The molecule has 2 N–H and O–H groups in total. The van der Waals surface area contributed by atoms with Crippen molar-refractivity contribution >= 4 is 0 Å². The minimum atomic E-state index is -0.441. The van der Waals surface area contributed by atoms with E-state index in [1.807, 2.05) is 6.92 Å². The lowest BCUT2D eigenvalue weighted by Gasteiger charge is -2.45. The maximum Gasteiger partial charge on any atom is 0.0632 e. The molecule has 1 aliphatic heterocycles. The minimum Gasteiger partial charge on any atom is -0.390 e. The molecule has 1 aliphatic carbocycles. The Morgan fingerprint density at radius 3 is 2.55 bits per heavy atom. The number of nitrogens with zero attached hydrogens (tertiary/aromatic N) is 1. The highest BCUT2D eigenvalue weighted by Gasteiger charge is 2.38. The van der Waals surface area contributed by atoms with Gasteiger partial charge in [0, 0.05) is 19.1 Å². The molecule has 3 atom stereocenters. The first-order valence-electron chi connectivity index (χ1n) is 8.46. The van der Waals surface area contributed by atoms with Crippen LogP contribution < -0.4 is 5.32 Å². The van der Waals surface area contributed by atoms with Crippen molar-refractivity contribution in [3.8, 4) is 0 Å². The molecule has 3 heteroatoms. The molecule has 3 unspecified atom stereocenters. The van der Waals surface area contributed by atoms with E-state index in [4.69, 9.17) is 0 Å². The number of likely N-dealkylation sites (tertiary alicyclic amines) is 1. The van der Waals surface area contributed by atoms with Crippen molar-refractivity contribution in [1.29, 1.82) is 0 Å². The standard InChI is InChI=1S/C17H34N2O/c1-16(2)8-5-7-14(15(16)18-4)13-19-11-6-9-17(3,20)10-12-19/h14-15,18,20H,5-13H2,1-4H3. The van der Waals surface area contributed by atoms with Gasteiger partial charge in [-0.1, -0.05) is 20.3 Å². The van der Waals surface area contributed by atoms with Gasteiger partial charge >= 0.3 is 0 Å². The predicted molar refractivity (Wildman–Crippen MR) is 84.9 cm³/mol. The zero-order valence-electron chi connectivity index (χ0n) is 13.9. The smallest absolute Gasteiger partial charge is 0.0632 e. The third-order valence-corrected chi connectivity index (χ3v) is 5.67. The van der Waals surface area contributed by atoms with Gasteiger partial charge in [0.1, 0.15) is 0 Å². The highest BCUT2D eigenvalue weighted by molar-refractivity contribution is 4.94. The Morgan fingerprint density at radius 2 is 1.85 bits per heavy atom. The molecule has 118 valence electrons. The van der Waals surface area contributed by atoms with Crippen LogP contribution in [0.2, 0.25) is 0 Å². The van der Waals surface area contributed by atoms with Crippen LogP contribution in [0.25, 0.3) is 0 Å². The molecule has 0 spiro atoms. The van der Waals surface area contributed by atoms with Crippen molar-refractivity contribution in [2.24, 2.45) is 11.3 Å². The quantitative estimate of drug-likeness (QED) is 0.835. The molecule has 0 bridgehead atoms. The maximum atomic E-state index is 10.2. The van der Waals surface area contributed by atoms with E-state index < -0.39 is 5.60 Å². The maximum absolute atomic E-state index is 10.2. The Hall–Kier alpha value is -0.120. The monoisotopic (exact) mass is 282 g/mol. The van der Waals surface area contributed by atoms with Gasteiger partial charge in [-0.05, 0) is 64.0 Å². The van der Waals surface area contributed by atoms with E-state index in [0.717, 1.165) is 38.3 Å². The highest BCUT2D eigenvalue weighted by Crippen LogP contribution is 2.39. The number of rotatable bonds is 3. The van der Waals surface area contributed by atoms with Crippen LogP contribution >= 0.6 is 0 Å². The number of nitrogens with one attached hydrogen (secondary N) is 1. The largest absolute Gasteiger partial charge is 0.390 e. The van der Waals surface area contributed by atoms with Crippen LogP contribution in [-0.4, -0.2) is 48.3 Å². The second kappa shape index (κ2) is 6.33. The SMILES string of the molecule is CNC1C(CN2CCCC(C)(O)CC2)CCCC1(C)C. The lowest BCUT2D eigenvalue weighted by molar-refractivity contribution is 0.0414. The van der Waals surface area contributed by atoms with Crippen molar-refractivity contribution in [3.63, 3.8) is 0 Å². The van der Waals surface area contributed by atoms with Crippen molar-refractivity contribution in [2.75, 3.05) is 26.7 Å². The second-order valence-electron chi connectivity index (χ2n) is 8.06. The molecular weight excluding hydrogens is 248 g/mol. The fraction of sp³-hybridized carbons (Fsp3) is 1.00. The van der Waals surface area contributed by atoms with E-state index in [1.54, 1.807) is 0 Å². The molecule has 0 aromatic rings. The van der Waals surface area contributed by atoms with E-state index in [9.17, 15) is 5.11 Å². The lowest BCUT2D eigenvalue weighted by atomic mass is 9.68. The van der Waals surface area contributed by atoms with Gasteiger partial charge < -0.3 is 15.3 Å². The van der Waals surface area contributed by atoms with Gasteiger partial charge in [0.15, 0.2) is 0 Å². The summed E-state index contributed by atoms with van der Waals surface area (Å²) >= 11 is 0. The predicted octanol–water partition coefficient (Wildman–Crippen LogP) is 2.64. The van der Waals surface area contributed by atoms with Crippen molar-refractivity contribution in [3.05, 3.63) is 0 Å². The van der Waals surface area contributed by atoms with Gasteiger partial charge in [-0.3, -0.25) is 0 Å². The molecule has 1 saturated carbocycles. The summed E-state index contributed by atoms with van der Waals surface area (Å²) in [5, 5.41) is 13.8. The lowest BCUT2D eigenvalue weighted by Crippen LogP contribution is -2.51. The molecule has 0 amide bonds. The Kier molecular flexibility index (Phi) is 5.14. The molecule has 2 fully saturated rings. The highest BCUT2D eigenvalue weighted by atomic mass is 16.3. The minimum absolute atomic E-state index is 0.412. The summed E-state index contributed by atoms with van der Waals surface area (Å²) in [6.45, 7) is 10.2. The van der Waals surface area contributed by atoms with Crippen molar-refractivity contribution in [1.82, 2.24) is 10.2 Å². The van der Waals surface area contributed by atoms with Crippen LogP contribution in [0.3, 0.4) is 0 Å². The van der Waals surface area contributed by atoms with Crippen LogP contribution in [0.15, 0.2) is 0 Å². The Bertz CT molecular complexity index is 314. The molecule has 2 aliphatic rings. The normalized spacial score (nSPS) is 39.5. The Labute approximate surface area is 125 Å². The van der Waals surface area contributed by atoms with Gasteiger partial charge in [-0.15, -0.1) is 0 Å². The summed E-state index contributed by atoms with van der Waals surface area (Å²) in [5.41, 5.74) is -0.0298. The summed E-state index contributed by atoms with van der Waals surface area (Å²) in [6, 6.07) is 0.625. The van der Waals surface area contributed by atoms with E-state index in [2.05, 4.69) is 31.1 Å². The Morgan fingerprint density at radius 1 is 1.10 bits per heavy atom. The Balaban J connectivity index is 1.94. The first-order valence-corrected chi connectivity index (χ1v) is 8.46. The van der Waals surface area contributed by atoms with Crippen LogP contribution in [-0.2, 0) is 0 Å². The summed E-state index contributed by atoms with van der Waals surface area (Å²) in [4.78, 5) is 2.60. The van der Waals surface area contributed by atoms with E-state index in [0.29, 0.717) is 11.5 Å². The molecule has 1 saturated heterocycles. The summed E-state index contributed by atoms with van der Waals surface area (Å²) in [7, 11) is 2.12. The molecule has 1 heterocycles. The van der Waals surface area contributed by atoms with Crippen LogP contribution in [0, 0.1) is 11.3 Å². The third-order valence-electron chi connectivity index (χ3n) is 5.67. The van der Waals surface area contributed by atoms with Crippen LogP contribution in [0.5, 0.6) is 0 Å². The summed E-state index contributed by atoms with van der Waals surface area (Å²) in [5.74, 6) is 0.756. The third kappa shape index (κ3) is 3.96. The summed E-state index contributed by atoms with van der Waals surface area (Å²) in [6.07, 6.45) is 7.06. The fourth-order valence-corrected chi connectivity index (χ4v) is 4.44. The second-order valence-corrected chi connectivity index (χ2v) is 8.06. The van der Waals surface area contributed by atoms with Gasteiger partial charge in [-0.25, -0.2) is 0 Å². The average Bonchev–Trinajstić information content (AvgIpc) is 2.50. The average molecular weight is 282 g/mol. The zero-order valence-corrected chi connectivity index (χ0v) is 13.9. The first kappa shape index (κ1) is 16.3. The topological polar surface area (TPSA) is 35.5 Å². The zero-order chi connectivity index (χ0) is 14.8. The molecule has 0 aromatic heterocycles. The first-order chi connectivity index (χ1) is 9.34. The molecule has 0 aromatic carbocycles. The van der Waals surface area contributed by atoms with Gasteiger partial charge in [-0.2, -0.15) is 0 Å². The van der Waals surface area contributed by atoms with Crippen molar-refractivity contribution < 1.29 is 5.11 Å². The molecule has 2 rings (SSSR count). The van der Waals surface area contributed by atoms with E-state index in [1.165, 1.54) is 25.8 Å². The van der Waals surface area contributed by atoms with E-state index in [-0.39, 0.29) is 0 Å². The molecule has 20 heavy (non-hydrogen) atoms. The van der Waals surface area contributed by atoms with Crippen LogP contribution in [0.4, 0.5) is 0 Å². The van der Waals surface area contributed by atoms with Gasteiger partial charge in [0.05, 0.1) is 5.60 Å².